The number of benzene rings is 1. The van der Waals surface area contributed by atoms with E-state index in [1.807, 2.05) is 13.8 Å². The summed E-state index contributed by atoms with van der Waals surface area (Å²) in [6, 6.07) is 2.09. The van der Waals surface area contributed by atoms with Gasteiger partial charge in [-0.2, -0.15) is 13.2 Å². The van der Waals surface area contributed by atoms with E-state index in [-0.39, 0.29) is 10.4 Å². The minimum atomic E-state index is -4.42. The smallest absolute Gasteiger partial charge is 0.324 e. The van der Waals surface area contributed by atoms with Crippen LogP contribution in [-0.4, -0.2) is 5.91 Å². The number of anilines is 1. The van der Waals surface area contributed by atoms with Gasteiger partial charge in [0.2, 0.25) is 5.91 Å². The molecular formula is C13H13BrF3NO. The lowest BCUT2D eigenvalue weighted by Crippen LogP contribution is -2.33. The van der Waals surface area contributed by atoms with Crippen LogP contribution >= 0.6 is 15.9 Å². The fourth-order valence-corrected chi connectivity index (χ4v) is 3.14. The van der Waals surface area contributed by atoms with Crippen LogP contribution in [0.5, 0.6) is 0 Å². The summed E-state index contributed by atoms with van der Waals surface area (Å²) in [5, 5.41) is 2.68. The highest BCUT2D eigenvalue weighted by Crippen LogP contribution is 2.48. The third kappa shape index (κ3) is 2.06. The van der Waals surface area contributed by atoms with Crippen LogP contribution in [0, 0.1) is 0 Å². The van der Waals surface area contributed by atoms with Crippen LogP contribution in [0.1, 0.15) is 37.8 Å². The lowest BCUT2D eigenvalue weighted by molar-refractivity contribution is -0.137. The third-order valence-corrected chi connectivity index (χ3v) is 4.44. The van der Waals surface area contributed by atoms with Gasteiger partial charge in [-0.3, -0.25) is 4.79 Å². The minimum Gasteiger partial charge on any atom is -0.324 e. The van der Waals surface area contributed by atoms with Gasteiger partial charge in [0, 0.05) is 4.47 Å². The molecule has 2 rings (SSSR count). The fraction of sp³-hybridized carbons (Fsp3) is 0.462. The van der Waals surface area contributed by atoms with Gasteiger partial charge in [0.1, 0.15) is 0 Å². The molecule has 1 amide bonds. The molecule has 6 heteroatoms. The monoisotopic (exact) mass is 335 g/mol. The Balaban J connectivity index is 2.70. The zero-order valence-electron chi connectivity index (χ0n) is 10.5. The van der Waals surface area contributed by atoms with Crippen molar-refractivity contribution in [1.82, 2.24) is 0 Å². The Morgan fingerprint density at radius 1 is 1.26 bits per heavy atom. The molecule has 2 nitrogen and oxygen atoms in total. The van der Waals surface area contributed by atoms with Gasteiger partial charge in [0.25, 0.3) is 0 Å². The minimum absolute atomic E-state index is 0.229. The highest BCUT2D eigenvalue weighted by Gasteiger charge is 2.46. The molecule has 1 aromatic carbocycles. The second-order valence-electron chi connectivity index (χ2n) is 4.62. The molecule has 1 N–H and O–H groups in total. The molecule has 1 aromatic rings. The molecule has 1 aliphatic heterocycles. The molecule has 0 atom stereocenters. The largest absolute Gasteiger partial charge is 0.416 e. The molecule has 104 valence electrons. The first-order valence-electron chi connectivity index (χ1n) is 5.99. The zero-order valence-corrected chi connectivity index (χ0v) is 12.1. The van der Waals surface area contributed by atoms with Crippen molar-refractivity contribution in [2.45, 2.75) is 38.3 Å². The van der Waals surface area contributed by atoms with Crippen LogP contribution in [0.15, 0.2) is 16.6 Å². The normalized spacial score (nSPS) is 17.3. The first-order chi connectivity index (χ1) is 8.76. The number of amides is 1. The van der Waals surface area contributed by atoms with Crippen LogP contribution in [0.25, 0.3) is 0 Å². The van der Waals surface area contributed by atoms with Crippen LogP contribution in [0.3, 0.4) is 0 Å². The predicted octanol–water partition coefficient (Wildman–Crippen LogP) is 4.48. The summed E-state index contributed by atoms with van der Waals surface area (Å²) in [5.74, 6) is -0.229. The van der Waals surface area contributed by atoms with Crippen molar-refractivity contribution in [3.05, 3.63) is 27.7 Å². The van der Waals surface area contributed by atoms with Crippen molar-refractivity contribution < 1.29 is 18.0 Å². The lowest BCUT2D eigenvalue weighted by atomic mass is 9.76. The quantitative estimate of drug-likeness (QED) is 0.848. The van der Waals surface area contributed by atoms with Crippen LogP contribution < -0.4 is 5.32 Å². The number of fused-ring (bicyclic) bond motifs is 1. The maximum absolute atomic E-state index is 12.9. The summed E-state index contributed by atoms with van der Waals surface area (Å²) in [4.78, 5) is 12.1. The second-order valence-corrected chi connectivity index (χ2v) is 5.48. The highest BCUT2D eigenvalue weighted by molar-refractivity contribution is 9.10. The maximum atomic E-state index is 12.9. The average Bonchev–Trinajstić information content (AvgIpc) is 2.61. The molecule has 0 saturated carbocycles. The molecule has 0 fully saturated rings. The topological polar surface area (TPSA) is 29.1 Å². The van der Waals surface area contributed by atoms with Gasteiger partial charge in [0.05, 0.1) is 16.7 Å². The Kier molecular flexibility index (Phi) is 3.41. The van der Waals surface area contributed by atoms with Crippen molar-refractivity contribution in [1.29, 1.82) is 0 Å². The molecule has 0 saturated heterocycles. The SMILES string of the molecule is CCC1(CC)C(=O)Nc2c(Br)cc(C(F)(F)F)cc21. The van der Waals surface area contributed by atoms with E-state index in [0.29, 0.717) is 24.1 Å². The standard InChI is InChI=1S/C13H13BrF3NO/c1-3-12(4-2)8-5-7(13(15,16)17)6-9(14)10(8)18-11(12)19/h5-6H,3-4H2,1-2H3,(H,18,19). The van der Waals surface area contributed by atoms with E-state index in [1.54, 1.807) is 0 Å². The number of carbonyl (C=O) groups excluding carboxylic acids is 1. The van der Waals surface area contributed by atoms with Crippen LogP contribution in [0.4, 0.5) is 18.9 Å². The fourth-order valence-electron chi connectivity index (χ4n) is 2.58. The number of hydrogen-bond donors (Lipinski definition) is 1. The molecule has 1 aliphatic rings. The molecule has 0 spiro atoms. The van der Waals surface area contributed by atoms with E-state index in [0.717, 1.165) is 12.1 Å². The Labute approximate surface area is 117 Å². The number of alkyl halides is 3. The Bertz CT molecular complexity index is 535. The molecule has 0 radical (unpaired) electrons. The first kappa shape index (κ1) is 14.4. The summed E-state index contributed by atoms with van der Waals surface area (Å²) in [6.07, 6.45) is -3.48. The van der Waals surface area contributed by atoms with Gasteiger partial charge in [-0.05, 0) is 46.5 Å². The molecule has 0 unspecified atom stereocenters. The molecule has 0 aromatic heterocycles. The summed E-state index contributed by atoms with van der Waals surface area (Å²) in [5.41, 5.74) is -0.703. The number of rotatable bonds is 2. The Morgan fingerprint density at radius 3 is 2.32 bits per heavy atom. The van der Waals surface area contributed by atoms with Crippen molar-refractivity contribution >= 4 is 27.5 Å². The second kappa shape index (κ2) is 4.51. The van der Waals surface area contributed by atoms with Crippen LogP contribution in [0.2, 0.25) is 0 Å². The van der Waals surface area contributed by atoms with E-state index >= 15 is 0 Å². The Morgan fingerprint density at radius 2 is 1.84 bits per heavy atom. The van der Waals surface area contributed by atoms with Gasteiger partial charge in [0.15, 0.2) is 0 Å². The summed E-state index contributed by atoms with van der Waals surface area (Å²) < 4.78 is 38.9. The van der Waals surface area contributed by atoms with E-state index in [4.69, 9.17) is 0 Å². The molecule has 0 aliphatic carbocycles. The molecule has 19 heavy (non-hydrogen) atoms. The van der Waals surface area contributed by atoms with Crippen molar-refractivity contribution in [2.24, 2.45) is 0 Å². The molecular weight excluding hydrogens is 323 g/mol. The van der Waals surface area contributed by atoms with E-state index in [9.17, 15) is 18.0 Å². The molecule has 1 heterocycles. The predicted molar refractivity (Wildman–Crippen MR) is 70.0 cm³/mol. The van der Waals surface area contributed by atoms with E-state index < -0.39 is 17.2 Å². The first-order valence-corrected chi connectivity index (χ1v) is 6.78. The zero-order chi connectivity index (χ0) is 14.4. The average molecular weight is 336 g/mol. The number of halogens is 4. The highest BCUT2D eigenvalue weighted by atomic mass is 79.9. The maximum Gasteiger partial charge on any atom is 0.416 e. The van der Waals surface area contributed by atoms with Crippen LogP contribution in [-0.2, 0) is 16.4 Å². The van der Waals surface area contributed by atoms with Crippen molar-refractivity contribution in [3.63, 3.8) is 0 Å². The van der Waals surface area contributed by atoms with Crippen molar-refractivity contribution in [3.8, 4) is 0 Å². The summed E-state index contributed by atoms with van der Waals surface area (Å²) in [7, 11) is 0. The summed E-state index contributed by atoms with van der Waals surface area (Å²) in [6.45, 7) is 3.62. The third-order valence-electron chi connectivity index (χ3n) is 3.81. The number of hydrogen-bond acceptors (Lipinski definition) is 1. The van der Waals surface area contributed by atoms with Gasteiger partial charge in [-0.15, -0.1) is 0 Å². The molecule has 0 bridgehead atoms. The lowest BCUT2D eigenvalue weighted by Gasteiger charge is -2.24. The van der Waals surface area contributed by atoms with Crippen molar-refractivity contribution in [2.75, 3.05) is 5.32 Å². The van der Waals surface area contributed by atoms with Gasteiger partial charge < -0.3 is 5.32 Å². The van der Waals surface area contributed by atoms with E-state index in [2.05, 4.69) is 21.2 Å². The van der Waals surface area contributed by atoms with Gasteiger partial charge >= 0.3 is 6.18 Å². The van der Waals surface area contributed by atoms with E-state index in [1.165, 1.54) is 0 Å². The van der Waals surface area contributed by atoms with Gasteiger partial charge in [-0.1, -0.05) is 13.8 Å². The number of carbonyl (C=O) groups is 1. The number of nitrogens with one attached hydrogen (secondary N) is 1. The van der Waals surface area contributed by atoms with Gasteiger partial charge in [-0.25, -0.2) is 0 Å². The summed E-state index contributed by atoms with van der Waals surface area (Å²) >= 11 is 3.11. The Hall–Kier alpha value is -1.04.